The third-order valence-electron chi connectivity index (χ3n) is 3.70. The lowest BCUT2D eigenvalue weighted by molar-refractivity contribution is -0.118. The van der Waals surface area contributed by atoms with E-state index in [-0.39, 0.29) is 24.6 Å². The number of halogens is 2. The van der Waals surface area contributed by atoms with Gasteiger partial charge in [0.1, 0.15) is 18.9 Å². The second kappa shape index (κ2) is 8.09. The number of imidazole rings is 1. The number of nitrogens with one attached hydrogen (secondary N) is 1. The Bertz CT molecular complexity index is 949. The lowest BCUT2D eigenvalue weighted by Crippen LogP contribution is -3.00. The Morgan fingerprint density at radius 3 is 2.32 bits per heavy atom. The Hall–Kier alpha value is -2.44. The molecule has 8 heteroatoms. The smallest absolute Gasteiger partial charge is 0.237 e. The third-order valence-corrected chi connectivity index (χ3v) is 4.01. The van der Waals surface area contributed by atoms with Gasteiger partial charge in [0.15, 0.2) is 0 Å². The molecule has 0 fully saturated rings. The molecule has 0 atom stereocenters. The molecule has 1 aromatic heterocycles. The van der Waals surface area contributed by atoms with Gasteiger partial charge in [-0.2, -0.15) is 0 Å². The molecule has 3 rings (SSSR count). The van der Waals surface area contributed by atoms with Gasteiger partial charge in [-0.05, 0) is 24.3 Å². The number of amides is 1. The minimum atomic E-state index is -0.483. The van der Waals surface area contributed by atoms with E-state index < -0.39 is 5.91 Å². The monoisotopic (exact) mass is 379 g/mol. The molecule has 2 aromatic carbocycles. The predicted octanol–water partition coefficient (Wildman–Crippen LogP) is -0.856. The maximum Gasteiger partial charge on any atom is 0.237 e. The van der Waals surface area contributed by atoms with Crippen molar-refractivity contribution in [3.8, 4) is 5.75 Å². The van der Waals surface area contributed by atoms with Gasteiger partial charge < -0.3 is 32.0 Å². The number of nitrogens with two attached hydrogens (primary N) is 1. The minimum absolute atomic E-state index is 0. The Morgan fingerprint density at radius 2 is 1.68 bits per heavy atom. The molecule has 0 aliphatic heterocycles. The largest absolute Gasteiger partial charge is 1.00 e. The molecule has 0 bridgehead atoms. The highest BCUT2D eigenvalue weighted by Crippen LogP contribution is 2.23. The summed E-state index contributed by atoms with van der Waals surface area (Å²) in [6.07, 6.45) is 0. The molecule has 3 N–H and O–H groups in total. The van der Waals surface area contributed by atoms with Crippen LogP contribution in [-0.2, 0) is 17.9 Å². The average Bonchev–Trinajstić information content (AvgIpc) is 2.82. The van der Waals surface area contributed by atoms with E-state index in [4.69, 9.17) is 27.5 Å². The molecule has 132 valence electrons. The lowest BCUT2D eigenvalue weighted by Gasteiger charge is -2.09. The molecule has 0 radical (unpaired) electrons. The number of primary amides is 1. The number of nitrogens with zero attached hydrogens (tertiary/aromatic N) is 2. The highest BCUT2D eigenvalue weighted by Gasteiger charge is 2.12. The van der Waals surface area contributed by atoms with E-state index in [2.05, 4.69) is 0 Å². The number of hydrogen-bond acceptors (Lipinski definition) is 3. The summed E-state index contributed by atoms with van der Waals surface area (Å²) in [6.45, 7) is 0.777. The van der Waals surface area contributed by atoms with Crippen LogP contribution in [0, 0.1) is 5.41 Å². The minimum Gasteiger partial charge on any atom is -1.00 e. The fourth-order valence-corrected chi connectivity index (χ4v) is 2.84. The van der Waals surface area contributed by atoms with Crippen molar-refractivity contribution < 1.29 is 21.9 Å². The summed E-state index contributed by atoms with van der Waals surface area (Å²) < 4.78 is 9.08. The number of fused-ring (bicyclic) bond motifs is 1. The van der Waals surface area contributed by atoms with Gasteiger partial charge in [0.25, 0.3) is 0 Å². The molecular formula is C17H17Cl2N4O2-. The SMILES string of the molecule is N=c1n(CCOc2ccccc2Cl)c2ccccc2n1CC(N)=O.[Cl-]. The van der Waals surface area contributed by atoms with Gasteiger partial charge in [-0.1, -0.05) is 35.9 Å². The third kappa shape index (κ3) is 3.97. The van der Waals surface area contributed by atoms with Crippen molar-refractivity contribution >= 4 is 28.5 Å². The molecule has 0 saturated carbocycles. The van der Waals surface area contributed by atoms with Crippen LogP contribution < -0.4 is 28.5 Å². The first-order chi connectivity index (χ1) is 11.6. The summed E-state index contributed by atoms with van der Waals surface area (Å²) in [6, 6.07) is 14.8. The van der Waals surface area contributed by atoms with Gasteiger partial charge >= 0.3 is 0 Å². The summed E-state index contributed by atoms with van der Waals surface area (Å²) in [5.41, 5.74) is 7.15. The van der Waals surface area contributed by atoms with E-state index in [1.165, 1.54) is 0 Å². The molecule has 0 unspecified atom stereocenters. The van der Waals surface area contributed by atoms with E-state index in [1.807, 2.05) is 36.4 Å². The quantitative estimate of drug-likeness (QED) is 0.584. The Labute approximate surface area is 155 Å². The van der Waals surface area contributed by atoms with Crippen LogP contribution in [0.15, 0.2) is 48.5 Å². The average molecular weight is 380 g/mol. The molecule has 6 nitrogen and oxygen atoms in total. The molecule has 1 heterocycles. The summed E-state index contributed by atoms with van der Waals surface area (Å²) in [4.78, 5) is 11.3. The fourth-order valence-electron chi connectivity index (χ4n) is 2.65. The van der Waals surface area contributed by atoms with Crippen molar-refractivity contribution in [1.82, 2.24) is 9.13 Å². The molecule has 25 heavy (non-hydrogen) atoms. The van der Waals surface area contributed by atoms with Crippen molar-refractivity contribution in [2.24, 2.45) is 5.73 Å². The van der Waals surface area contributed by atoms with Crippen LogP contribution in [-0.4, -0.2) is 21.6 Å². The van der Waals surface area contributed by atoms with Crippen molar-refractivity contribution in [3.05, 3.63) is 59.2 Å². The summed E-state index contributed by atoms with van der Waals surface area (Å²) >= 11 is 6.07. The number of para-hydroxylation sites is 3. The first-order valence-electron chi connectivity index (χ1n) is 7.46. The van der Waals surface area contributed by atoms with E-state index in [0.717, 1.165) is 11.0 Å². The second-order valence-corrected chi connectivity index (χ2v) is 5.70. The first kappa shape index (κ1) is 18.9. The highest BCUT2D eigenvalue weighted by molar-refractivity contribution is 6.32. The van der Waals surface area contributed by atoms with Crippen LogP contribution in [0.4, 0.5) is 0 Å². The zero-order chi connectivity index (χ0) is 17.1. The van der Waals surface area contributed by atoms with Crippen molar-refractivity contribution in [2.45, 2.75) is 13.1 Å². The molecule has 1 amide bonds. The number of aromatic nitrogens is 2. The topological polar surface area (TPSA) is 86.0 Å². The molecule has 3 aromatic rings. The van der Waals surface area contributed by atoms with Crippen LogP contribution in [0.2, 0.25) is 5.02 Å². The van der Waals surface area contributed by atoms with Crippen LogP contribution in [0.25, 0.3) is 11.0 Å². The van der Waals surface area contributed by atoms with Gasteiger partial charge in [-0.25, -0.2) is 0 Å². The number of carbonyl (C=O) groups excluding carboxylic acids is 1. The van der Waals surface area contributed by atoms with Crippen LogP contribution in [0.3, 0.4) is 0 Å². The van der Waals surface area contributed by atoms with E-state index in [0.29, 0.717) is 23.9 Å². The summed E-state index contributed by atoms with van der Waals surface area (Å²) in [7, 11) is 0. The number of benzene rings is 2. The Balaban J connectivity index is 0.00000225. The zero-order valence-corrected chi connectivity index (χ0v) is 14.8. The van der Waals surface area contributed by atoms with Gasteiger partial charge in [0.05, 0.1) is 22.6 Å². The Kier molecular flexibility index (Phi) is 6.12. The predicted molar refractivity (Wildman–Crippen MR) is 91.9 cm³/mol. The molecule has 0 saturated heterocycles. The first-order valence-corrected chi connectivity index (χ1v) is 7.84. The maximum atomic E-state index is 11.3. The molecule has 0 aliphatic carbocycles. The van der Waals surface area contributed by atoms with Gasteiger partial charge in [-0.3, -0.25) is 10.2 Å². The van der Waals surface area contributed by atoms with E-state index in [1.54, 1.807) is 21.3 Å². The van der Waals surface area contributed by atoms with Gasteiger partial charge in [-0.15, -0.1) is 0 Å². The van der Waals surface area contributed by atoms with Crippen molar-refractivity contribution in [2.75, 3.05) is 6.61 Å². The van der Waals surface area contributed by atoms with Gasteiger partial charge in [0, 0.05) is 0 Å². The zero-order valence-electron chi connectivity index (χ0n) is 13.3. The standard InChI is InChI=1S/C17H17ClN4O2.ClH/c18-12-5-1-4-8-15(12)24-10-9-21-13-6-2-3-7-14(13)22(17(21)20)11-16(19)23;/h1-8,20H,9-11H2,(H2,19,23);1H/p-1. The number of hydrogen-bond donors (Lipinski definition) is 2. The van der Waals surface area contributed by atoms with Gasteiger partial charge in [0.2, 0.25) is 11.5 Å². The molecule has 0 aliphatic rings. The molecule has 0 spiro atoms. The van der Waals surface area contributed by atoms with E-state index in [9.17, 15) is 4.79 Å². The molecular weight excluding hydrogens is 363 g/mol. The highest BCUT2D eigenvalue weighted by atomic mass is 35.5. The number of rotatable bonds is 6. The van der Waals surface area contributed by atoms with E-state index >= 15 is 0 Å². The summed E-state index contributed by atoms with van der Waals surface area (Å²) in [5, 5.41) is 8.88. The fraction of sp³-hybridized carbons (Fsp3) is 0.176. The van der Waals surface area contributed by atoms with Crippen LogP contribution in [0.5, 0.6) is 5.75 Å². The normalized spacial score (nSPS) is 10.4. The number of ether oxygens (including phenoxy) is 1. The maximum absolute atomic E-state index is 11.3. The Morgan fingerprint density at radius 1 is 1.08 bits per heavy atom. The summed E-state index contributed by atoms with van der Waals surface area (Å²) in [5.74, 6) is 0.121. The van der Waals surface area contributed by atoms with Crippen molar-refractivity contribution in [1.29, 1.82) is 5.41 Å². The van der Waals surface area contributed by atoms with Crippen molar-refractivity contribution in [3.63, 3.8) is 0 Å². The lowest BCUT2D eigenvalue weighted by atomic mass is 10.3. The van der Waals surface area contributed by atoms with Crippen LogP contribution in [0.1, 0.15) is 0 Å². The second-order valence-electron chi connectivity index (χ2n) is 5.30. The number of carbonyl (C=O) groups is 1. The van der Waals surface area contributed by atoms with Crippen LogP contribution >= 0.6 is 11.6 Å².